The molecule has 1 heterocycles. The quantitative estimate of drug-likeness (QED) is 0.343. The Morgan fingerprint density at radius 1 is 1.09 bits per heavy atom. The van der Waals surface area contributed by atoms with Gasteiger partial charge in [0.05, 0.1) is 11.6 Å². The Bertz CT molecular complexity index is 866. The highest BCUT2D eigenvalue weighted by Gasteiger charge is 2.49. The zero-order valence-electron chi connectivity index (χ0n) is 22.6. The Morgan fingerprint density at radius 2 is 1.71 bits per heavy atom. The Balaban J connectivity index is 2.54. The Hall–Kier alpha value is -2.17. The molecule has 1 N–H and O–H groups in total. The lowest BCUT2D eigenvalue weighted by Gasteiger charge is -2.43. The lowest BCUT2D eigenvalue weighted by atomic mass is 9.77. The maximum Gasteiger partial charge on any atom is 0.335 e. The highest BCUT2D eigenvalue weighted by atomic mass is 16.4. The van der Waals surface area contributed by atoms with Gasteiger partial charge in [-0.3, -0.25) is 9.79 Å². The van der Waals surface area contributed by atoms with Gasteiger partial charge in [-0.15, -0.1) is 0 Å². The van der Waals surface area contributed by atoms with Crippen LogP contribution in [0.2, 0.25) is 0 Å². The van der Waals surface area contributed by atoms with Crippen molar-refractivity contribution in [3.05, 3.63) is 35.4 Å². The van der Waals surface area contributed by atoms with Crippen LogP contribution in [0, 0.1) is 17.3 Å². The number of aromatic carboxylic acids is 1. The Labute approximate surface area is 207 Å². The van der Waals surface area contributed by atoms with E-state index in [-0.39, 0.29) is 22.9 Å². The molecule has 1 aliphatic heterocycles. The predicted octanol–water partition coefficient (Wildman–Crippen LogP) is 7.51. The summed E-state index contributed by atoms with van der Waals surface area (Å²) >= 11 is 0. The van der Waals surface area contributed by atoms with Crippen LogP contribution >= 0.6 is 0 Å². The van der Waals surface area contributed by atoms with Gasteiger partial charge < -0.3 is 10.0 Å². The summed E-state index contributed by atoms with van der Waals surface area (Å²) in [4.78, 5) is 32.6. The molecule has 0 radical (unpaired) electrons. The fraction of sp³-hybridized carbons (Fsp3) is 0.690. The van der Waals surface area contributed by atoms with E-state index in [9.17, 15) is 14.7 Å². The minimum absolute atomic E-state index is 0.0578. The fourth-order valence-electron chi connectivity index (χ4n) is 4.81. The molecule has 0 saturated heterocycles. The topological polar surface area (TPSA) is 70.0 Å². The van der Waals surface area contributed by atoms with Gasteiger partial charge in [-0.05, 0) is 67.1 Å². The van der Waals surface area contributed by atoms with Crippen molar-refractivity contribution < 1.29 is 14.7 Å². The van der Waals surface area contributed by atoms with Crippen molar-refractivity contribution in [2.75, 3.05) is 0 Å². The third-order valence-electron chi connectivity index (χ3n) is 7.57. The largest absolute Gasteiger partial charge is 0.478 e. The summed E-state index contributed by atoms with van der Waals surface area (Å²) in [6.07, 6.45) is 6.16. The molecule has 34 heavy (non-hydrogen) atoms. The van der Waals surface area contributed by atoms with Crippen molar-refractivity contribution in [2.45, 2.75) is 112 Å². The van der Waals surface area contributed by atoms with Gasteiger partial charge in [0, 0.05) is 0 Å². The second kappa shape index (κ2) is 11.5. The van der Waals surface area contributed by atoms with Crippen LogP contribution in [0.1, 0.15) is 122 Å². The molecule has 1 amide bonds. The summed E-state index contributed by atoms with van der Waals surface area (Å²) in [5, 5.41) is 9.35. The number of amides is 1. The van der Waals surface area contributed by atoms with E-state index >= 15 is 0 Å². The smallest absolute Gasteiger partial charge is 0.335 e. The molecule has 0 aromatic heterocycles. The number of hydrogen-bond donors (Lipinski definition) is 1. The molecule has 5 heteroatoms. The van der Waals surface area contributed by atoms with Crippen LogP contribution in [0.25, 0.3) is 0 Å². The van der Waals surface area contributed by atoms with E-state index in [0.717, 1.165) is 44.1 Å². The average molecular weight is 471 g/mol. The molecule has 1 aliphatic rings. The van der Waals surface area contributed by atoms with E-state index in [0.29, 0.717) is 24.0 Å². The van der Waals surface area contributed by atoms with Crippen molar-refractivity contribution >= 4 is 17.6 Å². The number of rotatable bonds is 12. The minimum Gasteiger partial charge on any atom is -0.478 e. The molecule has 3 atom stereocenters. The SMILES string of the molecule is CCCC[C@H](c1ccc(C(=O)O)cc1)N1C(=O)C(CC(C)C)=NC1(CC)CCC(C)C(C)(C)C. The molecule has 0 aliphatic carbocycles. The zero-order chi connectivity index (χ0) is 25.7. The van der Waals surface area contributed by atoms with Gasteiger partial charge >= 0.3 is 5.97 Å². The molecule has 2 unspecified atom stereocenters. The number of aliphatic imine (C=N–C) groups is 1. The highest BCUT2D eigenvalue weighted by molar-refractivity contribution is 6.40. The minimum atomic E-state index is -0.935. The molecule has 0 spiro atoms. The number of carbonyl (C=O) groups is 2. The molecule has 0 bridgehead atoms. The van der Waals surface area contributed by atoms with E-state index < -0.39 is 11.6 Å². The predicted molar refractivity (Wildman–Crippen MR) is 140 cm³/mol. The van der Waals surface area contributed by atoms with E-state index in [4.69, 9.17) is 4.99 Å². The normalized spacial score (nSPS) is 20.6. The molecule has 5 nitrogen and oxygen atoms in total. The highest BCUT2D eigenvalue weighted by Crippen LogP contribution is 2.44. The monoisotopic (exact) mass is 470 g/mol. The first-order valence-electron chi connectivity index (χ1n) is 13.1. The molecule has 2 rings (SSSR count). The lowest BCUT2D eigenvalue weighted by molar-refractivity contribution is -0.132. The number of carboxylic acids is 1. The van der Waals surface area contributed by atoms with Crippen molar-refractivity contribution in [3.63, 3.8) is 0 Å². The van der Waals surface area contributed by atoms with Crippen LogP contribution in [-0.2, 0) is 4.79 Å². The van der Waals surface area contributed by atoms with Gasteiger partial charge in [0.1, 0.15) is 11.4 Å². The van der Waals surface area contributed by atoms with Crippen molar-refractivity contribution in [1.82, 2.24) is 4.90 Å². The van der Waals surface area contributed by atoms with Gasteiger partial charge in [0.25, 0.3) is 5.91 Å². The fourth-order valence-corrected chi connectivity index (χ4v) is 4.81. The second-order valence-electron chi connectivity index (χ2n) is 11.6. The van der Waals surface area contributed by atoms with Crippen molar-refractivity contribution in [3.8, 4) is 0 Å². The van der Waals surface area contributed by atoms with Gasteiger partial charge in [0.15, 0.2) is 0 Å². The van der Waals surface area contributed by atoms with E-state index in [1.807, 2.05) is 12.1 Å². The van der Waals surface area contributed by atoms with Crippen molar-refractivity contribution in [1.29, 1.82) is 0 Å². The molecule has 0 saturated carbocycles. The van der Waals surface area contributed by atoms with Gasteiger partial charge in [-0.2, -0.15) is 0 Å². The maximum absolute atomic E-state index is 13.9. The van der Waals surface area contributed by atoms with Crippen LogP contribution < -0.4 is 0 Å². The molecule has 0 fully saturated rings. The van der Waals surface area contributed by atoms with Gasteiger partial charge in [0.2, 0.25) is 0 Å². The van der Waals surface area contributed by atoms with Crippen molar-refractivity contribution in [2.24, 2.45) is 22.2 Å². The summed E-state index contributed by atoms with van der Waals surface area (Å²) < 4.78 is 0. The number of carboxylic acid groups (broad SMARTS) is 1. The van der Waals surface area contributed by atoms with Gasteiger partial charge in [-0.1, -0.05) is 80.4 Å². The summed E-state index contributed by atoms with van der Waals surface area (Å²) in [5.41, 5.74) is 1.60. The third-order valence-corrected chi connectivity index (χ3v) is 7.57. The standard InChI is InChI=1S/C29H46N2O3/c1-9-11-12-25(22-13-15-23(16-14-22)27(33)34)31-26(32)24(19-20(3)4)30-29(31,10-2)18-17-21(5)28(6,7)8/h13-16,20-21,25H,9-12,17-19H2,1-8H3,(H,33,34)/t21?,25-,29?/m1/s1. The van der Waals surface area contributed by atoms with E-state index in [1.165, 1.54) is 0 Å². The average Bonchev–Trinajstić information content (AvgIpc) is 3.03. The zero-order valence-corrected chi connectivity index (χ0v) is 22.6. The first kappa shape index (κ1) is 28.1. The molecule has 1 aromatic carbocycles. The third kappa shape index (κ3) is 6.49. The Kier molecular flexibility index (Phi) is 9.50. The van der Waals surface area contributed by atoms with Crippen LogP contribution in [-0.4, -0.2) is 33.3 Å². The first-order chi connectivity index (χ1) is 15.9. The number of unbranched alkanes of at least 4 members (excludes halogenated alkanes) is 1. The van der Waals surface area contributed by atoms with Crippen LogP contribution in [0.4, 0.5) is 0 Å². The number of nitrogens with zero attached hydrogens (tertiary/aromatic N) is 2. The second-order valence-corrected chi connectivity index (χ2v) is 11.6. The van der Waals surface area contributed by atoms with Crippen LogP contribution in [0.15, 0.2) is 29.3 Å². The lowest BCUT2D eigenvalue weighted by Crippen LogP contribution is -2.49. The first-order valence-corrected chi connectivity index (χ1v) is 13.1. The number of benzene rings is 1. The maximum atomic E-state index is 13.9. The summed E-state index contributed by atoms with van der Waals surface area (Å²) in [5.74, 6) is -0.0197. The molecule has 1 aromatic rings. The van der Waals surface area contributed by atoms with Crippen LogP contribution in [0.5, 0.6) is 0 Å². The molecular weight excluding hydrogens is 424 g/mol. The molecule has 190 valence electrons. The van der Waals surface area contributed by atoms with E-state index in [1.54, 1.807) is 12.1 Å². The number of hydrogen-bond acceptors (Lipinski definition) is 3. The molecular formula is C29H46N2O3. The number of carbonyl (C=O) groups excluding carboxylic acids is 1. The summed E-state index contributed by atoms with van der Waals surface area (Å²) in [6.45, 7) is 17.7. The van der Waals surface area contributed by atoms with Crippen LogP contribution in [0.3, 0.4) is 0 Å². The van der Waals surface area contributed by atoms with E-state index in [2.05, 4.69) is 60.3 Å². The summed E-state index contributed by atoms with van der Waals surface area (Å²) in [7, 11) is 0. The van der Waals surface area contributed by atoms with Gasteiger partial charge in [-0.25, -0.2) is 4.79 Å². The summed E-state index contributed by atoms with van der Waals surface area (Å²) in [6, 6.07) is 6.96. The Morgan fingerprint density at radius 3 is 2.18 bits per heavy atom.